The van der Waals surface area contributed by atoms with Crippen LogP contribution in [0, 0.1) is 0 Å². The lowest BCUT2D eigenvalue weighted by Gasteiger charge is -2.16. The van der Waals surface area contributed by atoms with Crippen LogP contribution >= 0.6 is 15.9 Å². The van der Waals surface area contributed by atoms with Crippen LogP contribution in [0.3, 0.4) is 0 Å². The highest BCUT2D eigenvalue weighted by Crippen LogP contribution is 2.25. The van der Waals surface area contributed by atoms with E-state index in [0.717, 1.165) is 15.6 Å². The van der Waals surface area contributed by atoms with E-state index in [4.69, 9.17) is 0 Å². The van der Waals surface area contributed by atoms with Crippen molar-refractivity contribution in [3.05, 3.63) is 70.2 Å². The summed E-state index contributed by atoms with van der Waals surface area (Å²) in [6.07, 6.45) is 1.56. The summed E-state index contributed by atoms with van der Waals surface area (Å²) in [6.45, 7) is 0. The van der Waals surface area contributed by atoms with Gasteiger partial charge in [-0.3, -0.25) is 10.1 Å². The molecule has 1 N–H and O–H groups in total. The number of carbonyl (C=O) groups excluding carboxylic acids is 2. The second-order valence-corrected chi connectivity index (χ2v) is 5.66. The van der Waals surface area contributed by atoms with Crippen molar-refractivity contribution >= 4 is 34.1 Å². The Hall–Kier alpha value is -2.47. The Labute approximate surface area is 135 Å². The third-order valence-corrected chi connectivity index (χ3v) is 3.78. The SMILES string of the molecule is O=C1NC(=O)N(N=Cc2ccc(Br)cc2)C1c1ccccc1. The molecule has 110 valence electrons. The minimum Gasteiger partial charge on any atom is -0.274 e. The first-order valence-electron chi connectivity index (χ1n) is 6.64. The van der Waals surface area contributed by atoms with Gasteiger partial charge in [0.25, 0.3) is 5.91 Å². The number of rotatable bonds is 3. The lowest BCUT2D eigenvalue weighted by molar-refractivity contribution is -0.121. The number of benzene rings is 2. The van der Waals surface area contributed by atoms with Crippen LogP contribution in [0.15, 0.2) is 64.2 Å². The number of imide groups is 1. The highest BCUT2D eigenvalue weighted by molar-refractivity contribution is 9.10. The minimum atomic E-state index is -0.736. The number of hydrogen-bond acceptors (Lipinski definition) is 3. The normalized spacial score (nSPS) is 18.0. The van der Waals surface area contributed by atoms with Crippen LogP contribution in [0.2, 0.25) is 0 Å². The van der Waals surface area contributed by atoms with Crippen LogP contribution < -0.4 is 5.32 Å². The van der Waals surface area contributed by atoms with Crippen molar-refractivity contribution in [3.8, 4) is 0 Å². The van der Waals surface area contributed by atoms with Crippen LogP contribution in [0.25, 0.3) is 0 Å². The molecule has 22 heavy (non-hydrogen) atoms. The van der Waals surface area contributed by atoms with Crippen molar-refractivity contribution in [2.45, 2.75) is 6.04 Å². The Bertz CT molecular complexity index is 729. The molecule has 5 nitrogen and oxygen atoms in total. The topological polar surface area (TPSA) is 61.8 Å². The number of nitrogens with zero attached hydrogens (tertiary/aromatic N) is 2. The van der Waals surface area contributed by atoms with Crippen LogP contribution in [0.5, 0.6) is 0 Å². The summed E-state index contributed by atoms with van der Waals surface area (Å²) in [6, 6.07) is 15.3. The van der Waals surface area contributed by atoms with E-state index in [9.17, 15) is 9.59 Å². The van der Waals surface area contributed by atoms with Gasteiger partial charge < -0.3 is 0 Å². The summed E-state index contributed by atoms with van der Waals surface area (Å²) in [5.41, 5.74) is 1.56. The highest BCUT2D eigenvalue weighted by Gasteiger charge is 2.39. The zero-order valence-corrected chi connectivity index (χ0v) is 13.0. The van der Waals surface area contributed by atoms with Gasteiger partial charge in [-0.05, 0) is 23.3 Å². The van der Waals surface area contributed by atoms with Crippen molar-refractivity contribution < 1.29 is 9.59 Å². The van der Waals surface area contributed by atoms with Gasteiger partial charge in [0, 0.05) is 4.47 Å². The zero-order chi connectivity index (χ0) is 15.5. The summed E-state index contributed by atoms with van der Waals surface area (Å²) >= 11 is 3.36. The second-order valence-electron chi connectivity index (χ2n) is 4.75. The highest BCUT2D eigenvalue weighted by atomic mass is 79.9. The molecule has 0 aromatic heterocycles. The van der Waals surface area contributed by atoms with Crippen LogP contribution in [-0.2, 0) is 4.79 Å². The lowest BCUT2D eigenvalue weighted by atomic mass is 10.1. The fourth-order valence-corrected chi connectivity index (χ4v) is 2.45. The molecule has 2 aromatic carbocycles. The van der Waals surface area contributed by atoms with Gasteiger partial charge in [-0.15, -0.1) is 0 Å². The average molecular weight is 358 g/mol. The summed E-state index contributed by atoms with van der Waals surface area (Å²) in [4.78, 5) is 23.9. The molecule has 1 unspecified atom stereocenters. The number of amides is 3. The Morgan fingerprint density at radius 3 is 2.41 bits per heavy atom. The molecule has 0 saturated carbocycles. The third-order valence-electron chi connectivity index (χ3n) is 3.25. The van der Waals surface area contributed by atoms with Crippen LogP contribution in [-0.4, -0.2) is 23.2 Å². The zero-order valence-electron chi connectivity index (χ0n) is 11.4. The first kappa shape index (κ1) is 14.5. The van der Waals surface area contributed by atoms with E-state index in [1.165, 1.54) is 5.01 Å². The van der Waals surface area contributed by atoms with E-state index in [2.05, 4.69) is 26.3 Å². The molecule has 1 heterocycles. The van der Waals surface area contributed by atoms with E-state index < -0.39 is 12.1 Å². The van der Waals surface area contributed by atoms with Gasteiger partial charge in [-0.2, -0.15) is 10.1 Å². The molecule has 0 spiro atoms. The maximum atomic E-state index is 12.0. The molecule has 0 bridgehead atoms. The fourth-order valence-electron chi connectivity index (χ4n) is 2.18. The Kier molecular flexibility index (Phi) is 4.02. The van der Waals surface area contributed by atoms with Crippen LogP contribution in [0.1, 0.15) is 17.2 Å². The predicted molar refractivity (Wildman–Crippen MR) is 86.3 cm³/mol. The fraction of sp³-hybridized carbons (Fsp3) is 0.0625. The molecule has 3 amide bonds. The third kappa shape index (κ3) is 2.92. The molecular weight excluding hydrogens is 346 g/mol. The molecule has 3 rings (SSSR count). The van der Waals surface area contributed by atoms with Crippen molar-refractivity contribution in [3.63, 3.8) is 0 Å². The molecule has 1 aliphatic heterocycles. The lowest BCUT2D eigenvalue weighted by Crippen LogP contribution is -2.24. The van der Waals surface area contributed by atoms with Crippen molar-refractivity contribution in [2.75, 3.05) is 0 Å². The summed E-state index contributed by atoms with van der Waals surface area (Å²) in [7, 11) is 0. The summed E-state index contributed by atoms with van der Waals surface area (Å²) in [5, 5.41) is 7.63. The number of hydrazone groups is 1. The van der Waals surface area contributed by atoms with Gasteiger partial charge in [0.1, 0.15) is 0 Å². The first-order chi connectivity index (χ1) is 10.6. The average Bonchev–Trinajstić information content (AvgIpc) is 2.81. The largest absolute Gasteiger partial charge is 0.345 e. The number of urea groups is 1. The van der Waals surface area contributed by atoms with Gasteiger partial charge in [0.05, 0.1) is 6.21 Å². The van der Waals surface area contributed by atoms with Gasteiger partial charge in [-0.25, -0.2) is 4.79 Å². The number of halogens is 1. The maximum absolute atomic E-state index is 12.0. The van der Waals surface area contributed by atoms with Gasteiger partial charge in [0.2, 0.25) is 0 Å². The Morgan fingerprint density at radius 2 is 1.73 bits per heavy atom. The smallest absolute Gasteiger partial charge is 0.274 e. The van der Waals surface area contributed by atoms with E-state index in [1.807, 2.05) is 42.5 Å². The Balaban J connectivity index is 1.88. The molecule has 1 aliphatic rings. The Morgan fingerprint density at radius 1 is 1.05 bits per heavy atom. The van der Waals surface area contributed by atoms with Gasteiger partial charge >= 0.3 is 6.03 Å². The van der Waals surface area contributed by atoms with Gasteiger partial charge in [-0.1, -0.05) is 58.4 Å². The number of nitrogens with one attached hydrogen (secondary N) is 1. The van der Waals surface area contributed by atoms with Crippen molar-refractivity contribution in [1.29, 1.82) is 0 Å². The molecule has 2 aromatic rings. The molecule has 1 saturated heterocycles. The summed E-state index contributed by atoms with van der Waals surface area (Å²) in [5.74, 6) is -0.371. The van der Waals surface area contributed by atoms with E-state index in [1.54, 1.807) is 18.3 Å². The molecular formula is C16H12BrN3O2. The van der Waals surface area contributed by atoms with E-state index in [-0.39, 0.29) is 5.91 Å². The molecule has 1 atom stereocenters. The van der Waals surface area contributed by atoms with Crippen molar-refractivity contribution in [1.82, 2.24) is 10.3 Å². The second kappa shape index (κ2) is 6.11. The van der Waals surface area contributed by atoms with E-state index in [0.29, 0.717) is 0 Å². The maximum Gasteiger partial charge on any atom is 0.345 e. The standard InChI is InChI=1S/C16H12BrN3O2/c17-13-8-6-11(7-9-13)10-18-20-14(15(21)19-16(20)22)12-4-2-1-3-5-12/h1-10,14H,(H,19,21,22). The molecule has 0 radical (unpaired) electrons. The minimum absolute atomic E-state index is 0.371. The quantitative estimate of drug-likeness (QED) is 0.677. The summed E-state index contributed by atoms with van der Waals surface area (Å²) < 4.78 is 0.959. The van der Waals surface area contributed by atoms with Crippen molar-refractivity contribution in [2.24, 2.45) is 5.10 Å². The number of hydrogen-bond donors (Lipinski definition) is 1. The van der Waals surface area contributed by atoms with E-state index >= 15 is 0 Å². The number of carbonyl (C=O) groups is 2. The molecule has 0 aliphatic carbocycles. The molecule has 6 heteroatoms. The van der Waals surface area contributed by atoms with Crippen LogP contribution in [0.4, 0.5) is 4.79 Å². The monoisotopic (exact) mass is 357 g/mol. The first-order valence-corrected chi connectivity index (χ1v) is 7.43. The molecule has 1 fully saturated rings. The van der Waals surface area contributed by atoms with Gasteiger partial charge in [0.15, 0.2) is 6.04 Å². The predicted octanol–water partition coefficient (Wildman–Crippen LogP) is 3.08.